The number of thiazole rings is 1. The quantitative estimate of drug-likeness (QED) is 0.673. The average molecular weight is 419 g/mol. The number of rotatable bonds is 6. The second kappa shape index (κ2) is 7.52. The zero-order valence-corrected chi connectivity index (χ0v) is 15.7. The first-order valence-electron chi connectivity index (χ1n) is 6.66. The Hall–Kier alpha value is -1.29. The summed E-state index contributed by atoms with van der Waals surface area (Å²) < 4.78 is 31.7. The molecule has 0 radical (unpaired) electrons. The molecule has 9 heteroatoms. The van der Waals surface area contributed by atoms with Crippen molar-refractivity contribution in [3.8, 4) is 0 Å². The minimum Gasteiger partial charge on any atom is -0.462 e. The Labute approximate surface area is 147 Å². The van der Waals surface area contributed by atoms with E-state index in [0.29, 0.717) is 15.7 Å². The second-order valence-corrected chi connectivity index (χ2v) is 8.19. The molecule has 1 heterocycles. The summed E-state index contributed by atoms with van der Waals surface area (Å²) in [7, 11) is -2.22. The highest BCUT2D eigenvalue weighted by Crippen LogP contribution is 2.26. The number of benzene rings is 1. The first-order valence-corrected chi connectivity index (χ1v) is 9.84. The molecule has 0 saturated carbocycles. The third-order valence-corrected chi connectivity index (χ3v) is 6.41. The molecule has 23 heavy (non-hydrogen) atoms. The maximum absolute atomic E-state index is 12.6. The van der Waals surface area contributed by atoms with Gasteiger partial charge in [0.2, 0.25) is 10.0 Å². The van der Waals surface area contributed by atoms with Crippen LogP contribution >= 0.6 is 27.3 Å². The van der Waals surface area contributed by atoms with Gasteiger partial charge in [0, 0.05) is 16.9 Å². The number of sulfonamides is 1. The minimum atomic E-state index is -3.70. The summed E-state index contributed by atoms with van der Waals surface area (Å²) in [5, 5.41) is 1.80. The smallest absolute Gasteiger partial charge is 0.338 e. The summed E-state index contributed by atoms with van der Waals surface area (Å²) >= 11 is 4.63. The highest BCUT2D eigenvalue weighted by molar-refractivity contribution is 9.10. The molecule has 1 aromatic heterocycles. The Morgan fingerprint density at radius 1 is 1.43 bits per heavy atom. The highest BCUT2D eigenvalue weighted by atomic mass is 79.9. The maximum atomic E-state index is 12.6. The van der Waals surface area contributed by atoms with Crippen molar-refractivity contribution >= 4 is 43.3 Å². The molecule has 0 atom stereocenters. The van der Waals surface area contributed by atoms with E-state index in [4.69, 9.17) is 4.74 Å². The topological polar surface area (TPSA) is 76.6 Å². The average Bonchev–Trinajstić information content (AvgIpc) is 3.00. The maximum Gasteiger partial charge on any atom is 0.338 e. The Morgan fingerprint density at radius 2 is 2.17 bits per heavy atom. The van der Waals surface area contributed by atoms with E-state index in [1.165, 1.54) is 40.9 Å². The van der Waals surface area contributed by atoms with E-state index in [-0.39, 0.29) is 18.0 Å². The molecule has 2 aromatic rings. The van der Waals surface area contributed by atoms with Crippen LogP contribution in [0.2, 0.25) is 0 Å². The van der Waals surface area contributed by atoms with Crippen molar-refractivity contribution < 1.29 is 17.9 Å². The van der Waals surface area contributed by atoms with Gasteiger partial charge in [-0.3, -0.25) is 0 Å². The molecule has 0 aliphatic heterocycles. The third kappa shape index (κ3) is 4.17. The standard InChI is InChI=1S/C14H15BrN2O4S2/c1-3-21-14(18)10-4-5-13(12(15)6-10)23(19,20)17(2)7-11-8-22-9-16-11/h4-6,8-9H,3,7H2,1-2H3. The van der Waals surface area contributed by atoms with Gasteiger partial charge in [-0.25, -0.2) is 18.2 Å². The lowest BCUT2D eigenvalue weighted by Gasteiger charge is -2.17. The molecule has 1 aromatic carbocycles. The van der Waals surface area contributed by atoms with Gasteiger partial charge in [0.05, 0.1) is 34.8 Å². The molecule has 0 unspecified atom stereocenters. The zero-order chi connectivity index (χ0) is 17.0. The Balaban J connectivity index is 2.27. The number of hydrogen-bond donors (Lipinski definition) is 0. The first kappa shape index (κ1) is 18.1. The van der Waals surface area contributed by atoms with Gasteiger partial charge in [-0.1, -0.05) is 0 Å². The van der Waals surface area contributed by atoms with Gasteiger partial charge < -0.3 is 4.74 Å². The van der Waals surface area contributed by atoms with Crippen LogP contribution < -0.4 is 0 Å². The number of nitrogens with zero attached hydrogens (tertiary/aromatic N) is 2. The Morgan fingerprint density at radius 3 is 2.74 bits per heavy atom. The molecule has 6 nitrogen and oxygen atoms in total. The number of esters is 1. The fourth-order valence-electron chi connectivity index (χ4n) is 1.85. The van der Waals surface area contributed by atoms with Crippen LogP contribution in [0.3, 0.4) is 0 Å². The fourth-order valence-corrected chi connectivity index (χ4v) is 4.57. The van der Waals surface area contributed by atoms with Gasteiger partial charge in [0.15, 0.2) is 0 Å². The molecular weight excluding hydrogens is 404 g/mol. The van der Waals surface area contributed by atoms with Crippen LogP contribution in [-0.2, 0) is 21.3 Å². The number of hydrogen-bond acceptors (Lipinski definition) is 6. The molecule has 0 saturated heterocycles. The van der Waals surface area contributed by atoms with Crippen LogP contribution in [0.4, 0.5) is 0 Å². The first-order chi connectivity index (χ1) is 10.9. The van der Waals surface area contributed by atoms with Gasteiger partial charge in [-0.05, 0) is 41.1 Å². The van der Waals surface area contributed by atoms with Crippen LogP contribution in [0.1, 0.15) is 23.0 Å². The van der Waals surface area contributed by atoms with Crippen LogP contribution in [0.25, 0.3) is 0 Å². The molecule has 0 amide bonds. The Bertz CT molecular complexity index is 791. The van der Waals surface area contributed by atoms with E-state index < -0.39 is 16.0 Å². The van der Waals surface area contributed by atoms with Crippen LogP contribution in [0.15, 0.2) is 38.5 Å². The number of carbonyl (C=O) groups is 1. The van der Waals surface area contributed by atoms with Gasteiger partial charge in [0.25, 0.3) is 0 Å². The second-order valence-electron chi connectivity index (χ2n) is 4.61. The van der Waals surface area contributed by atoms with E-state index in [0.717, 1.165) is 0 Å². The number of ether oxygens (including phenoxy) is 1. The minimum absolute atomic E-state index is 0.0864. The largest absolute Gasteiger partial charge is 0.462 e. The van der Waals surface area contributed by atoms with Crippen molar-refractivity contribution in [1.29, 1.82) is 0 Å². The van der Waals surface area contributed by atoms with Crippen molar-refractivity contribution in [3.63, 3.8) is 0 Å². The van der Waals surface area contributed by atoms with E-state index in [1.807, 2.05) is 0 Å². The van der Waals surface area contributed by atoms with E-state index in [9.17, 15) is 13.2 Å². The van der Waals surface area contributed by atoms with Gasteiger partial charge >= 0.3 is 5.97 Å². The van der Waals surface area contributed by atoms with Crippen LogP contribution in [0.5, 0.6) is 0 Å². The number of carbonyl (C=O) groups excluding carboxylic acids is 1. The monoisotopic (exact) mass is 418 g/mol. The summed E-state index contributed by atoms with van der Waals surface area (Å²) in [6.45, 7) is 2.14. The normalized spacial score (nSPS) is 11.7. The molecule has 0 N–H and O–H groups in total. The van der Waals surface area contributed by atoms with E-state index in [2.05, 4.69) is 20.9 Å². The predicted octanol–water partition coefficient (Wildman–Crippen LogP) is 2.90. The number of halogens is 1. The number of aromatic nitrogens is 1. The van der Waals surface area contributed by atoms with Crippen molar-refractivity contribution in [2.75, 3.05) is 13.7 Å². The fraction of sp³-hybridized carbons (Fsp3) is 0.286. The van der Waals surface area contributed by atoms with Crippen molar-refractivity contribution in [3.05, 3.63) is 44.8 Å². The van der Waals surface area contributed by atoms with Crippen LogP contribution in [0, 0.1) is 0 Å². The van der Waals surface area contributed by atoms with E-state index in [1.54, 1.807) is 17.8 Å². The summed E-state index contributed by atoms with van der Waals surface area (Å²) in [6.07, 6.45) is 0. The predicted molar refractivity (Wildman–Crippen MR) is 90.9 cm³/mol. The SMILES string of the molecule is CCOC(=O)c1ccc(S(=O)(=O)N(C)Cc2cscn2)c(Br)c1. The molecule has 2 rings (SSSR count). The van der Waals surface area contributed by atoms with Crippen molar-refractivity contribution in [2.45, 2.75) is 18.4 Å². The molecule has 124 valence electrons. The molecule has 0 fully saturated rings. The third-order valence-electron chi connectivity index (χ3n) is 3.00. The molecule has 0 bridgehead atoms. The van der Waals surface area contributed by atoms with Gasteiger partial charge in [0.1, 0.15) is 0 Å². The van der Waals surface area contributed by atoms with Crippen molar-refractivity contribution in [2.24, 2.45) is 0 Å². The highest BCUT2D eigenvalue weighted by Gasteiger charge is 2.25. The summed E-state index contributed by atoms with van der Waals surface area (Å²) in [6, 6.07) is 4.27. The zero-order valence-electron chi connectivity index (χ0n) is 12.5. The molecule has 0 aliphatic rings. The van der Waals surface area contributed by atoms with Crippen molar-refractivity contribution in [1.82, 2.24) is 9.29 Å². The lowest BCUT2D eigenvalue weighted by atomic mass is 10.2. The summed E-state index contributed by atoms with van der Waals surface area (Å²) in [4.78, 5) is 15.9. The van der Waals surface area contributed by atoms with Gasteiger partial charge in [-0.15, -0.1) is 11.3 Å². The molecule has 0 spiro atoms. The summed E-state index contributed by atoms with van der Waals surface area (Å²) in [5.74, 6) is -0.493. The van der Waals surface area contributed by atoms with Gasteiger partial charge in [-0.2, -0.15) is 4.31 Å². The Kier molecular flexibility index (Phi) is 5.90. The molecule has 0 aliphatic carbocycles. The molecular formula is C14H15BrN2O4S2. The summed E-state index contributed by atoms with van der Waals surface area (Å²) in [5.41, 5.74) is 2.63. The lowest BCUT2D eigenvalue weighted by Crippen LogP contribution is -2.27. The van der Waals surface area contributed by atoms with Crippen LogP contribution in [-0.4, -0.2) is 37.3 Å². The lowest BCUT2D eigenvalue weighted by molar-refractivity contribution is 0.0526. The van der Waals surface area contributed by atoms with E-state index >= 15 is 0 Å².